The molecule has 1 amide bonds. The van der Waals surface area contributed by atoms with E-state index in [0.717, 1.165) is 12.0 Å². The number of carbonyl (C=O) groups is 1. The number of benzene rings is 1. The molecule has 0 aromatic heterocycles. The second-order valence-corrected chi connectivity index (χ2v) is 5.46. The smallest absolute Gasteiger partial charge is 0.226 e. The van der Waals surface area contributed by atoms with Crippen molar-refractivity contribution >= 4 is 5.91 Å². The molecular formula is C15H21FN2O. The fraction of sp³-hybridized carbons (Fsp3) is 0.533. The highest BCUT2D eigenvalue weighted by atomic mass is 19.1. The van der Waals surface area contributed by atoms with E-state index in [0.29, 0.717) is 19.0 Å². The van der Waals surface area contributed by atoms with Gasteiger partial charge in [0.15, 0.2) is 0 Å². The Morgan fingerprint density at radius 3 is 2.68 bits per heavy atom. The second-order valence-electron chi connectivity index (χ2n) is 5.46. The van der Waals surface area contributed by atoms with Gasteiger partial charge in [-0.05, 0) is 31.0 Å². The molecule has 3 unspecified atom stereocenters. The molecule has 0 saturated carbocycles. The average molecular weight is 264 g/mol. The largest absolute Gasteiger partial charge is 0.339 e. The zero-order chi connectivity index (χ0) is 14.0. The van der Waals surface area contributed by atoms with Gasteiger partial charge in [-0.25, -0.2) is 4.39 Å². The molecule has 1 aliphatic rings. The lowest BCUT2D eigenvalue weighted by molar-refractivity contribution is -0.135. The van der Waals surface area contributed by atoms with Gasteiger partial charge in [-0.1, -0.05) is 19.1 Å². The number of nitrogens with zero attached hydrogens (tertiary/aromatic N) is 1. The van der Waals surface area contributed by atoms with Crippen molar-refractivity contribution in [1.82, 2.24) is 4.90 Å². The summed E-state index contributed by atoms with van der Waals surface area (Å²) in [6, 6.07) is 6.80. The maximum absolute atomic E-state index is 12.9. The first kappa shape index (κ1) is 14.0. The lowest BCUT2D eigenvalue weighted by Crippen LogP contribution is -2.39. The van der Waals surface area contributed by atoms with E-state index in [4.69, 9.17) is 5.73 Å². The highest BCUT2D eigenvalue weighted by Gasteiger charge is 2.34. The molecule has 2 N–H and O–H groups in total. The van der Waals surface area contributed by atoms with Crippen LogP contribution in [0.15, 0.2) is 24.3 Å². The zero-order valence-corrected chi connectivity index (χ0v) is 11.5. The number of likely N-dealkylation sites (tertiary alicyclic amines) is 1. The van der Waals surface area contributed by atoms with Crippen molar-refractivity contribution < 1.29 is 9.18 Å². The molecule has 3 atom stereocenters. The van der Waals surface area contributed by atoms with Gasteiger partial charge >= 0.3 is 0 Å². The third kappa shape index (κ3) is 2.95. The summed E-state index contributed by atoms with van der Waals surface area (Å²) < 4.78 is 12.9. The Bertz CT molecular complexity index is 446. The molecule has 19 heavy (non-hydrogen) atoms. The van der Waals surface area contributed by atoms with E-state index < -0.39 is 0 Å². The van der Waals surface area contributed by atoms with Gasteiger partial charge in [0.25, 0.3) is 0 Å². The second kappa shape index (κ2) is 5.70. The molecule has 0 aliphatic carbocycles. The van der Waals surface area contributed by atoms with Crippen LogP contribution in [0.1, 0.15) is 31.7 Å². The van der Waals surface area contributed by atoms with Crippen molar-refractivity contribution in [2.24, 2.45) is 11.7 Å². The topological polar surface area (TPSA) is 46.3 Å². The number of carbonyl (C=O) groups excluding carboxylic acids is 1. The average Bonchev–Trinajstić information content (AvgIpc) is 2.80. The first-order chi connectivity index (χ1) is 9.02. The van der Waals surface area contributed by atoms with Crippen molar-refractivity contribution in [2.75, 3.05) is 13.1 Å². The third-order valence-corrected chi connectivity index (χ3v) is 3.97. The zero-order valence-electron chi connectivity index (χ0n) is 11.5. The van der Waals surface area contributed by atoms with E-state index in [1.807, 2.05) is 24.0 Å². The van der Waals surface area contributed by atoms with E-state index in [1.165, 1.54) is 12.1 Å². The van der Waals surface area contributed by atoms with Gasteiger partial charge in [0, 0.05) is 31.0 Å². The maximum atomic E-state index is 12.9. The van der Waals surface area contributed by atoms with E-state index in [1.54, 1.807) is 0 Å². The fourth-order valence-corrected chi connectivity index (χ4v) is 2.70. The van der Waals surface area contributed by atoms with Crippen molar-refractivity contribution in [3.8, 4) is 0 Å². The maximum Gasteiger partial charge on any atom is 0.226 e. The Labute approximate surface area is 113 Å². The van der Waals surface area contributed by atoms with Crippen molar-refractivity contribution in [3.63, 3.8) is 0 Å². The van der Waals surface area contributed by atoms with Crippen LogP contribution in [0.25, 0.3) is 0 Å². The summed E-state index contributed by atoms with van der Waals surface area (Å²) in [5.74, 6) is 0.0676. The van der Waals surface area contributed by atoms with Gasteiger partial charge in [-0.3, -0.25) is 4.79 Å². The summed E-state index contributed by atoms with van der Waals surface area (Å²) in [6.07, 6.45) is 0.925. The SMILES string of the molecule is CC(CN)C(=O)N1CC(c2ccc(F)cc2)CC1C. The lowest BCUT2D eigenvalue weighted by atomic mass is 9.97. The van der Waals surface area contributed by atoms with Crippen LogP contribution in [0.5, 0.6) is 0 Å². The Hall–Kier alpha value is -1.42. The Kier molecular flexibility index (Phi) is 4.20. The molecule has 1 fully saturated rings. The molecule has 1 aromatic carbocycles. The van der Waals surface area contributed by atoms with Crippen LogP contribution in [0.2, 0.25) is 0 Å². The van der Waals surface area contributed by atoms with Crippen LogP contribution in [0.4, 0.5) is 4.39 Å². The number of nitrogens with two attached hydrogens (primary N) is 1. The first-order valence-corrected chi connectivity index (χ1v) is 6.79. The van der Waals surface area contributed by atoms with Gasteiger partial charge in [-0.2, -0.15) is 0 Å². The van der Waals surface area contributed by atoms with Crippen molar-refractivity contribution in [1.29, 1.82) is 0 Å². The minimum absolute atomic E-state index is 0.125. The van der Waals surface area contributed by atoms with Crippen molar-refractivity contribution in [3.05, 3.63) is 35.6 Å². The summed E-state index contributed by atoms with van der Waals surface area (Å²) in [5.41, 5.74) is 6.66. The third-order valence-electron chi connectivity index (χ3n) is 3.97. The minimum atomic E-state index is -0.223. The van der Waals surface area contributed by atoms with Crippen LogP contribution in [-0.4, -0.2) is 29.9 Å². The molecule has 1 saturated heterocycles. The Morgan fingerprint density at radius 2 is 2.11 bits per heavy atom. The number of hydrogen-bond acceptors (Lipinski definition) is 2. The molecule has 0 radical (unpaired) electrons. The van der Waals surface area contributed by atoms with E-state index in [2.05, 4.69) is 6.92 Å². The molecule has 1 aliphatic heterocycles. The molecule has 0 bridgehead atoms. The van der Waals surface area contributed by atoms with Gasteiger partial charge in [-0.15, -0.1) is 0 Å². The number of amides is 1. The summed E-state index contributed by atoms with van der Waals surface area (Å²) in [7, 11) is 0. The van der Waals surface area contributed by atoms with Gasteiger partial charge in [0.05, 0.1) is 0 Å². The van der Waals surface area contributed by atoms with Crippen LogP contribution < -0.4 is 5.73 Å². The predicted octanol–water partition coefficient (Wildman–Crippen LogP) is 2.12. The summed E-state index contributed by atoms with van der Waals surface area (Å²) >= 11 is 0. The van der Waals surface area contributed by atoms with Crippen LogP contribution >= 0.6 is 0 Å². The molecule has 2 rings (SSSR count). The standard InChI is InChI=1S/C15H21FN2O/c1-10(8-17)15(19)18-9-13(7-11(18)2)12-3-5-14(16)6-4-12/h3-6,10-11,13H,7-9,17H2,1-2H3. The molecular weight excluding hydrogens is 243 g/mol. The molecule has 4 heteroatoms. The minimum Gasteiger partial charge on any atom is -0.339 e. The van der Waals surface area contributed by atoms with E-state index in [9.17, 15) is 9.18 Å². The van der Waals surface area contributed by atoms with Crippen LogP contribution in [-0.2, 0) is 4.79 Å². The highest BCUT2D eigenvalue weighted by molar-refractivity contribution is 5.79. The van der Waals surface area contributed by atoms with E-state index in [-0.39, 0.29) is 23.7 Å². The number of halogens is 1. The van der Waals surface area contributed by atoms with Gasteiger partial charge in [0.1, 0.15) is 5.82 Å². The molecule has 1 heterocycles. The van der Waals surface area contributed by atoms with E-state index >= 15 is 0 Å². The Morgan fingerprint density at radius 1 is 1.47 bits per heavy atom. The summed E-state index contributed by atoms with van der Waals surface area (Å²) in [6.45, 7) is 5.00. The quantitative estimate of drug-likeness (QED) is 0.909. The molecule has 3 nitrogen and oxygen atoms in total. The first-order valence-electron chi connectivity index (χ1n) is 6.79. The summed E-state index contributed by atoms with van der Waals surface area (Å²) in [5, 5.41) is 0. The van der Waals surface area contributed by atoms with Gasteiger partial charge < -0.3 is 10.6 Å². The monoisotopic (exact) mass is 264 g/mol. The molecule has 104 valence electrons. The lowest BCUT2D eigenvalue weighted by Gasteiger charge is -2.24. The molecule has 0 spiro atoms. The Balaban J connectivity index is 2.08. The predicted molar refractivity (Wildman–Crippen MR) is 73.2 cm³/mol. The van der Waals surface area contributed by atoms with Crippen LogP contribution in [0.3, 0.4) is 0 Å². The fourth-order valence-electron chi connectivity index (χ4n) is 2.70. The van der Waals surface area contributed by atoms with Gasteiger partial charge in [0.2, 0.25) is 5.91 Å². The highest BCUT2D eigenvalue weighted by Crippen LogP contribution is 2.32. The van der Waals surface area contributed by atoms with Crippen molar-refractivity contribution in [2.45, 2.75) is 32.2 Å². The molecule has 1 aromatic rings. The van der Waals surface area contributed by atoms with Crippen LogP contribution in [0, 0.1) is 11.7 Å². The summed E-state index contributed by atoms with van der Waals surface area (Å²) in [4.78, 5) is 14.1. The number of hydrogen-bond donors (Lipinski definition) is 1. The number of rotatable bonds is 3. The normalized spacial score (nSPS) is 24.5.